The Labute approximate surface area is 76.6 Å². The SMILES string of the molecule is CN(C)S(=O)(=O)c1ccc(CO)o1. The zero-order valence-corrected chi connectivity index (χ0v) is 8.21. The molecule has 0 bridgehead atoms. The van der Waals surface area contributed by atoms with E-state index in [0.717, 1.165) is 4.31 Å². The van der Waals surface area contributed by atoms with Crippen LogP contribution in [-0.2, 0) is 16.6 Å². The molecule has 5 nitrogen and oxygen atoms in total. The molecule has 0 aliphatic heterocycles. The van der Waals surface area contributed by atoms with Gasteiger partial charge in [0, 0.05) is 14.1 Å². The molecular formula is C7H11NO4S. The molecule has 1 heterocycles. The van der Waals surface area contributed by atoms with Gasteiger partial charge < -0.3 is 9.52 Å². The van der Waals surface area contributed by atoms with Crippen molar-refractivity contribution in [2.45, 2.75) is 11.7 Å². The molecule has 1 N–H and O–H groups in total. The number of hydrogen-bond acceptors (Lipinski definition) is 4. The number of sulfonamides is 1. The summed E-state index contributed by atoms with van der Waals surface area (Å²) in [6, 6.07) is 2.75. The topological polar surface area (TPSA) is 70.8 Å². The molecule has 0 amide bonds. The Kier molecular flexibility index (Phi) is 2.74. The molecule has 1 aromatic heterocycles. The highest BCUT2D eigenvalue weighted by atomic mass is 32.2. The van der Waals surface area contributed by atoms with Crippen molar-refractivity contribution < 1.29 is 17.9 Å². The maximum Gasteiger partial charge on any atom is 0.275 e. The fourth-order valence-electron chi connectivity index (χ4n) is 0.762. The monoisotopic (exact) mass is 205 g/mol. The van der Waals surface area contributed by atoms with Crippen molar-refractivity contribution in [2.24, 2.45) is 0 Å². The third kappa shape index (κ3) is 1.90. The fraction of sp³-hybridized carbons (Fsp3) is 0.429. The van der Waals surface area contributed by atoms with Gasteiger partial charge in [0.2, 0.25) is 5.09 Å². The third-order valence-corrected chi connectivity index (χ3v) is 3.22. The summed E-state index contributed by atoms with van der Waals surface area (Å²) in [5.41, 5.74) is 0. The molecule has 13 heavy (non-hydrogen) atoms. The number of aliphatic hydroxyl groups is 1. The van der Waals surface area contributed by atoms with Gasteiger partial charge in [-0.3, -0.25) is 0 Å². The first-order valence-corrected chi connectivity index (χ1v) is 5.04. The zero-order valence-electron chi connectivity index (χ0n) is 7.39. The van der Waals surface area contributed by atoms with Crippen LogP contribution in [0.4, 0.5) is 0 Å². The zero-order chi connectivity index (χ0) is 10.1. The molecule has 6 heteroatoms. The van der Waals surface area contributed by atoms with Gasteiger partial charge in [0.15, 0.2) is 0 Å². The molecule has 0 spiro atoms. The maximum absolute atomic E-state index is 11.4. The van der Waals surface area contributed by atoms with E-state index < -0.39 is 10.0 Å². The average Bonchev–Trinajstić information content (AvgIpc) is 2.51. The van der Waals surface area contributed by atoms with Crippen molar-refractivity contribution >= 4 is 10.0 Å². The van der Waals surface area contributed by atoms with Crippen LogP contribution in [0.2, 0.25) is 0 Å². The summed E-state index contributed by atoms with van der Waals surface area (Å²) in [5, 5.41) is 8.50. The largest absolute Gasteiger partial charge is 0.446 e. The molecule has 0 unspecified atom stereocenters. The van der Waals surface area contributed by atoms with Crippen molar-refractivity contribution in [1.82, 2.24) is 4.31 Å². The van der Waals surface area contributed by atoms with Crippen LogP contribution in [-0.4, -0.2) is 31.9 Å². The molecule has 0 saturated heterocycles. The van der Waals surface area contributed by atoms with Gasteiger partial charge in [0.25, 0.3) is 10.0 Å². The normalized spacial score (nSPS) is 12.3. The molecule has 0 radical (unpaired) electrons. The van der Waals surface area contributed by atoms with Gasteiger partial charge in [-0.2, -0.15) is 0 Å². The van der Waals surface area contributed by atoms with Crippen LogP contribution in [0.25, 0.3) is 0 Å². The van der Waals surface area contributed by atoms with E-state index in [9.17, 15) is 8.42 Å². The molecular weight excluding hydrogens is 194 g/mol. The number of rotatable bonds is 3. The standard InChI is InChI=1S/C7H11NO4S/c1-8(2)13(10,11)7-4-3-6(5-9)12-7/h3-4,9H,5H2,1-2H3. The summed E-state index contributed by atoms with van der Waals surface area (Å²) in [6.45, 7) is -0.303. The summed E-state index contributed by atoms with van der Waals surface area (Å²) in [6.07, 6.45) is 0. The van der Waals surface area contributed by atoms with Gasteiger partial charge in [0.1, 0.15) is 12.4 Å². The van der Waals surface area contributed by atoms with E-state index in [0.29, 0.717) is 0 Å². The van der Waals surface area contributed by atoms with Gasteiger partial charge in [-0.25, -0.2) is 12.7 Å². The van der Waals surface area contributed by atoms with Crippen LogP contribution in [0.3, 0.4) is 0 Å². The molecule has 1 aromatic rings. The van der Waals surface area contributed by atoms with E-state index in [1.54, 1.807) is 0 Å². The Morgan fingerprint density at radius 1 is 1.46 bits per heavy atom. The number of nitrogens with zero attached hydrogens (tertiary/aromatic N) is 1. The lowest BCUT2D eigenvalue weighted by molar-refractivity contribution is 0.235. The minimum atomic E-state index is -3.51. The van der Waals surface area contributed by atoms with Crippen molar-refractivity contribution in [1.29, 1.82) is 0 Å². The van der Waals surface area contributed by atoms with Gasteiger partial charge in [0.05, 0.1) is 0 Å². The first-order chi connectivity index (χ1) is 5.98. The van der Waals surface area contributed by atoms with Crippen LogP contribution in [0.1, 0.15) is 5.76 Å². The van der Waals surface area contributed by atoms with Crippen LogP contribution in [0.5, 0.6) is 0 Å². The average molecular weight is 205 g/mol. The van der Waals surface area contributed by atoms with Crippen molar-refractivity contribution in [3.8, 4) is 0 Å². The van der Waals surface area contributed by atoms with Crippen molar-refractivity contribution in [2.75, 3.05) is 14.1 Å². The van der Waals surface area contributed by atoms with E-state index in [1.807, 2.05) is 0 Å². The second-order valence-corrected chi connectivity index (χ2v) is 4.75. The predicted octanol–water partition coefficient (Wildman–Crippen LogP) is 0.0222. The highest BCUT2D eigenvalue weighted by Gasteiger charge is 2.20. The van der Waals surface area contributed by atoms with Crippen LogP contribution >= 0.6 is 0 Å². The smallest absolute Gasteiger partial charge is 0.275 e. The number of furan rings is 1. The first kappa shape index (κ1) is 10.2. The molecule has 1 rings (SSSR count). The summed E-state index contributed by atoms with van der Waals surface area (Å²) in [7, 11) is -0.684. The molecule has 0 fully saturated rings. The Morgan fingerprint density at radius 3 is 2.46 bits per heavy atom. The summed E-state index contributed by atoms with van der Waals surface area (Å²) < 4.78 is 28.8. The molecule has 74 valence electrons. The van der Waals surface area contributed by atoms with E-state index >= 15 is 0 Å². The fourth-order valence-corrected chi connectivity index (χ4v) is 1.57. The van der Waals surface area contributed by atoms with Crippen molar-refractivity contribution in [3.05, 3.63) is 17.9 Å². The predicted molar refractivity (Wildman–Crippen MR) is 45.5 cm³/mol. The lowest BCUT2D eigenvalue weighted by Crippen LogP contribution is -2.21. The Morgan fingerprint density at radius 2 is 2.08 bits per heavy atom. The van der Waals surface area contributed by atoms with Crippen LogP contribution < -0.4 is 0 Å². The minimum Gasteiger partial charge on any atom is -0.446 e. The van der Waals surface area contributed by atoms with Crippen molar-refractivity contribution in [3.63, 3.8) is 0 Å². The van der Waals surface area contributed by atoms with Gasteiger partial charge in [-0.15, -0.1) is 0 Å². The molecule has 0 atom stereocenters. The first-order valence-electron chi connectivity index (χ1n) is 3.60. The second-order valence-electron chi connectivity index (χ2n) is 2.67. The molecule has 0 aromatic carbocycles. The summed E-state index contributed by atoms with van der Waals surface area (Å²) in [4.78, 5) is 0. The van der Waals surface area contributed by atoms with Crippen LogP contribution in [0.15, 0.2) is 21.6 Å². The van der Waals surface area contributed by atoms with Gasteiger partial charge >= 0.3 is 0 Å². The van der Waals surface area contributed by atoms with Gasteiger partial charge in [-0.1, -0.05) is 0 Å². The second kappa shape index (κ2) is 3.49. The minimum absolute atomic E-state index is 0.151. The van der Waals surface area contributed by atoms with Gasteiger partial charge in [-0.05, 0) is 12.1 Å². The van der Waals surface area contributed by atoms with E-state index in [-0.39, 0.29) is 17.5 Å². The quantitative estimate of drug-likeness (QED) is 0.755. The Hall–Kier alpha value is -0.850. The van der Waals surface area contributed by atoms with E-state index in [1.165, 1.54) is 26.2 Å². The summed E-state index contributed by atoms with van der Waals surface area (Å²) in [5.74, 6) is 0.237. The molecule has 0 aliphatic rings. The van der Waals surface area contributed by atoms with E-state index in [2.05, 4.69) is 0 Å². The maximum atomic E-state index is 11.4. The summed E-state index contributed by atoms with van der Waals surface area (Å²) >= 11 is 0. The molecule has 0 saturated carbocycles. The Balaban J connectivity index is 3.09. The number of hydrogen-bond donors (Lipinski definition) is 1. The lowest BCUT2D eigenvalue weighted by Gasteiger charge is -2.07. The van der Waals surface area contributed by atoms with E-state index in [4.69, 9.17) is 9.52 Å². The van der Waals surface area contributed by atoms with Crippen LogP contribution in [0, 0.1) is 0 Å². The highest BCUT2D eigenvalue weighted by Crippen LogP contribution is 2.16. The number of aliphatic hydroxyl groups excluding tert-OH is 1. The third-order valence-electron chi connectivity index (χ3n) is 1.53. The Bertz CT molecular complexity index is 379. The lowest BCUT2D eigenvalue weighted by atomic mass is 10.5. The highest BCUT2D eigenvalue weighted by molar-refractivity contribution is 7.88. The molecule has 0 aliphatic carbocycles.